The molecule has 0 spiro atoms. The lowest BCUT2D eigenvalue weighted by Crippen LogP contribution is -2.30. The van der Waals surface area contributed by atoms with Crippen molar-refractivity contribution in [3.05, 3.63) is 33.8 Å². The molecule has 4 nitrogen and oxygen atoms in total. The molecule has 0 radical (unpaired) electrons. The van der Waals surface area contributed by atoms with Gasteiger partial charge in [-0.1, -0.05) is 35.3 Å². The zero-order valence-corrected chi connectivity index (χ0v) is 9.22. The first-order valence-electron chi connectivity index (χ1n) is 4.18. The number of amides is 1. The number of hydrogen-bond acceptors (Lipinski definition) is 2. The van der Waals surface area contributed by atoms with Crippen LogP contribution in [-0.2, 0) is 0 Å². The molecule has 1 aromatic rings. The largest absolute Gasteiger partial charge is 0.465 e. The third-order valence-corrected chi connectivity index (χ3v) is 2.69. The molecule has 0 aliphatic rings. The number of nitrogens with one attached hydrogen (secondary N) is 1. The first kappa shape index (κ1) is 12.1. The molecule has 1 amide bonds. The highest BCUT2D eigenvalue weighted by Crippen LogP contribution is 2.28. The monoisotopic (exact) mass is 248 g/mol. The van der Waals surface area contributed by atoms with Gasteiger partial charge in [0.15, 0.2) is 0 Å². The van der Waals surface area contributed by atoms with Gasteiger partial charge in [0, 0.05) is 12.6 Å². The van der Waals surface area contributed by atoms with Crippen molar-refractivity contribution < 1.29 is 9.90 Å². The second kappa shape index (κ2) is 5.21. The van der Waals surface area contributed by atoms with E-state index in [4.69, 9.17) is 34.0 Å². The molecule has 1 unspecified atom stereocenters. The number of carboxylic acid groups (broad SMARTS) is 1. The molecule has 1 rings (SSSR count). The average molecular weight is 249 g/mol. The Labute approximate surface area is 97.0 Å². The Morgan fingerprint density at radius 3 is 2.80 bits per heavy atom. The van der Waals surface area contributed by atoms with Gasteiger partial charge in [0.2, 0.25) is 0 Å². The minimum atomic E-state index is -1.12. The number of benzene rings is 1. The quantitative estimate of drug-likeness (QED) is 0.769. The summed E-state index contributed by atoms with van der Waals surface area (Å²) in [6.45, 7) is 0.0927. The van der Waals surface area contributed by atoms with E-state index in [1.165, 1.54) is 0 Å². The van der Waals surface area contributed by atoms with Crippen molar-refractivity contribution in [2.24, 2.45) is 5.73 Å². The maximum atomic E-state index is 10.3. The van der Waals surface area contributed by atoms with Gasteiger partial charge >= 0.3 is 6.09 Å². The Bertz CT molecular complexity index is 371. The fourth-order valence-electron chi connectivity index (χ4n) is 1.11. The van der Waals surface area contributed by atoms with Crippen LogP contribution in [0.5, 0.6) is 0 Å². The Morgan fingerprint density at radius 1 is 1.53 bits per heavy atom. The molecule has 0 aliphatic heterocycles. The van der Waals surface area contributed by atoms with E-state index < -0.39 is 12.1 Å². The van der Waals surface area contributed by atoms with E-state index in [0.29, 0.717) is 15.6 Å². The highest BCUT2D eigenvalue weighted by Gasteiger charge is 2.12. The van der Waals surface area contributed by atoms with Gasteiger partial charge in [-0.15, -0.1) is 0 Å². The summed E-state index contributed by atoms with van der Waals surface area (Å²) < 4.78 is 0. The summed E-state index contributed by atoms with van der Waals surface area (Å²) in [6, 6.07) is 4.56. The van der Waals surface area contributed by atoms with Crippen LogP contribution in [-0.4, -0.2) is 17.7 Å². The molecule has 1 aromatic carbocycles. The molecule has 0 heterocycles. The highest BCUT2D eigenvalue weighted by atomic mass is 35.5. The second-order valence-electron chi connectivity index (χ2n) is 2.94. The summed E-state index contributed by atoms with van der Waals surface area (Å²) in [5.41, 5.74) is 6.37. The molecule has 15 heavy (non-hydrogen) atoms. The second-order valence-corrected chi connectivity index (χ2v) is 3.72. The predicted octanol–water partition coefficient (Wildman–Crippen LogP) is 2.26. The summed E-state index contributed by atoms with van der Waals surface area (Å²) in [4.78, 5) is 10.3. The zero-order chi connectivity index (χ0) is 11.4. The summed E-state index contributed by atoms with van der Waals surface area (Å²) >= 11 is 11.7. The molecular formula is C9H10Cl2N2O2. The number of rotatable bonds is 3. The van der Waals surface area contributed by atoms with Crippen LogP contribution in [0.25, 0.3) is 0 Å². The SMILES string of the molecule is NC(CNC(=O)O)c1cccc(Cl)c1Cl. The molecule has 82 valence electrons. The molecule has 0 fully saturated rings. The first-order chi connectivity index (χ1) is 7.02. The Kier molecular flexibility index (Phi) is 4.20. The molecule has 0 aliphatic carbocycles. The molecule has 4 N–H and O–H groups in total. The van der Waals surface area contributed by atoms with Gasteiger partial charge < -0.3 is 16.2 Å². The van der Waals surface area contributed by atoms with Crippen LogP contribution in [0.1, 0.15) is 11.6 Å². The lowest BCUT2D eigenvalue weighted by atomic mass is 10.1. The first-order valence-corrected chi connectivity index (χ1v) is 4.94. The molecule has 0 saturated heterocycles. The lowest BCUT2D eigenvalue weighted by Gasteiger charge is -2.13. The van der Waals surface area contributed by atoms with Crippen molar-refractivity contribution in [1.29, 1.82) is 0 Å². The van der Waals surface area contributed by atoms with Crippen molar-refractivity contribution in [3.63, 3.8) is 0 Å². The van der Waals surface area contributed by atoms with Gasteiger partial charge in [0.1, 0.15) is 0 Å². The molecule has 0 saturated carbocycles. The zero-order valence-electron chi connectivity index (χ0n) is 7.71. The van der Waals surface area contributed by atoms with Crippen LogP contribution in [0.3, 0.4) is 0 Å². The summed E-state index contributed by atoms with van der Waals surface area (Å²) in [5, 5.41) is 11.4. The maximum absolute atomic E-state index is 10.3. The van der Waals surface area contributed by atoms with E-state index in [2.05, 4.69) is 5.32 Å². The molecule has 0 aromatic heterocycles. The molecule has 0 bridgehead atoms. The third kappa shape index (κ3) is 3.27. The molecular weight excluding hydrogens is 239 g/mol. The Morgan fingerprint density at radius 2 is 2.20 bits per heavy atom. The fourth-order valence-corrected chi connectivity index (χ4v) is 1.56. The smallest absolute Gasteiger partial charge is 0.404 e. The van der Waals surface area contributed by atoms with Crippen LogP contribution in [0.4, 0.5) is 4.79 Å². The van der Waals surface area contributed by atoms with Crippen LogP contribution in [0.2, 0.25) is 10.0 Å². The van der Waals surface area contributed by atoms with Gasteiger partial charge in [-0.3, -0.25) is 0 Å². The van der Waals surface area contributed by atoms with Gasteiger partial charge in [-0.25, -0.2) is 4.79 Å². The van der Waals surface area contributed by atoms with Gasteiger partial charge in [-0.05, 0) is 11.6 Å². The van der Waals surface area contributed by atoms with Crippen molar-refractivity contribution in [2.75, 3.05) is 6.54 Å². The Balaban J connectivity index is 2.77. The minimum Gasteiger partial charge on any atom is -0.465 e. The van der Waals surface area contributed by atoms with Gasteiger partial charge in [0.05, 0.1) is 10.0 Å². The van der Waals surface area contributed by atoms with Crippen LogP contribution in [0.15, 0.2) is 18.2 Å². The lowest BCUT2D eigenvalue weighted by molar-refractivity contribution is 0.193. The van der Waals surface area contributed by atoms with Crippen molar-refractivity contribution in [1.82, 2.24) is 5.32 Å². The van der Waals surface area contributed by atoms with Crippen LogP contribution < -0.4 is 11.1 Å². The van der Waals surface area contributed by atoms with Crippen molar-refractivity contribution >= 4 is 29.3 Å². The van der Waals surface area contributed by atoms with Crippen molar-refractivity contribution in [2.45, 2.75) is 6.04 Å². The van der Waals surface area contributed by atoms with Crippen LogP contribution >= 0.6 is 23.2 Å². The maximum Gasteiger partial charge on any atom is 0.404 e. The Hall–Kier alpha value is -0.970. The number of halogens is 2. The van der Waals surface area contributed by atoms with Gasteiger partial charge in [-0.2, -0.15) is 0 Å². The summed E-state index contributed by atoms with van der Waals surface area (Å²) in [5.74, 6) is 0. The summed E-state index contributed by atoms with van der Waals surface area (Å²) in [7, 11) is 0. The van der Waals surface area contributed by atoms with E-state index >= 15 is 0 Å². The van der Waals surface area contributed by atoms with Gasteiger partial charge in [0.25, 0.3) is 0 Å². The predicted molar refractivity (Wildman–Crippen MR) is 59.4 cm³/mol. The standard InChI is InChI=1S/C9H10Cl2N2O2/c10-6-3-1-2-5(8(6)11)7(12)4-13-9(14)15/h1-3,7,13H,4,12H2,(H,14,15). The minimum absolute atomic E-state index is 0.0927. The van der Waals surface area contributed by atoms with Crippen LogP contribution in [0, 0.1) is 0 Å². The van der Waals surface area contributed by atoms with Crippen molar-refractivity contribution in [3.8, 4) is 0 Å². The van der Waals surface area contributed by atoms with E-state index in [9.17, 15) is 4.79 Å². The number of nitrogens with two attached hydrogens (primary N) is 1. The van der Waals surface area contributed by atoms with E-state index in [0.717, 1.165) is 0 Å². The van der Waals surface area contributed by atoms with E-state index in [1.54, 1.807) is 18.2 Å². The number of carbonyl (C=O) groups is 1. The molecule has 6 heteroatoms. The molecule has 1 atom stereocenters. The number of hydrogen-bond donors (Lipinski definition) is 3. The van der Waals surface area contributed by atoms with E-state index in [1.807, 2.05) is 0 Å². The highest BCUT2D eigenvalue weighted by molar-refractivity contribution is 6.42. The van der Waals surface area contributed by atoms with E-state index in [-0.39, 0.29) is 6.54 Å². The third-order valence-electron chi connectivity index (χ3n) is 1.85. The summed E-state index contributed by atoms with van der Waals surface area (Å²) in [6.07, 6.45) is -1.12. The average Bonchev–Trinajstić information content (AvgIpc) is 2.18. The fraction of sp³-hybridized carbons (Fsp3) is 0.222. The topological polar surface area (TPSA) is 75.3 Å². The normalized spacial score (nSPS) is 12.2.